The largest absolute Gasteiger partial charge is 0.369 e. The molecular weight excluding hydrogens is 290 g/mol. The number of aromatic amines is 1. The Labute approximate surface area is 125 Å². The number of terminal acetylenes is 1. The Balaban J connectivity index is 2.04. The maximum atomic E-state index is 12.1. The lowest BCUT2D eigenvalue weighted by atomic mass is 10.1. The third-order valence-electron chi connectivity index (χ3n) is 3.27. The summed E-state index contributed by atoms with van der Waals surface area (Å²) in [7, 11) is 0. The van der Waals surface area contributed by atoms with Crippen LogP contribution in [-0.4, -0.2) is 45.0 Å². The van der Waals surface area contributed by atoms with Gasteiger partial charge in [0, 0.05) is 18.7 Å². The van der Waals surface area contributed by atoms with Crippen molar-refractivity contribution in [3.63, 3.8) is 0 Å². The first-order valence-corrected chi connectivity index (χ1v) is 7.57. The van der Waals surface area contributed by atoms with Crippen molar-refractivity contribution in [2.45, 2.75) is 18.2 Å². The number of ether oxygens (including phenoxy) is 1. The van der Waals surface area contributed by atoms with Gasteiger partial charge in [-0.25, -0.2) is 9.78 Å². The van der Waals surface area contributed by atoms with E-state index in [1.54, 1.807) is 0 Å². The van der Waals surface area contributed by atoms with Gasteiger partial charge in [0.05, 0.1) is 18.1 Å². The lowest BCUT2D eigenvalue weighted by Gasteiger charge is -2.22. The molecule has 1 saturated heterocycles. The predicted octanol–water partition coefficient (Wildman–Crippen LogP) is 0.112. The monoisotopic (exact) mass is 305 g/mol. The van der Waals surface area contributed by atoms with Gasteiger partial charge in [0.25, 0.3) is 0 Å². The Morgan fingerprint density at radius 2 is 2.48 bits per heavy atom. The van der Waals surface area contributed by atoms with Crippen molar-refractivity contribution in [1.29, 1.82) is 0 Å². The van der Waals surface area contributed by atoms with Crippen molar-refractivity contribution in [1.82, 2.24) is 24.9 Å². The number of aryl methyl sites for hydroxylation is 1. The molecule has 0 aliphatic carbocycles. The predicted molar refractivity (Wildman–Crippen MR) is 79.5 cm³/mol. The van der Waals surface area contributed by atoms with E-state index in [1.807, 2.05) is 6.92 Å². The van der Waals surface area contributed by atoms with E-state index in [0.717, 1.165) is 17.8 Å². The van der Waals surface area contributed by atoms with Crippen LogP contribution in [0.15, 0.2) is 9.95 Å². The molecule has 2 N–H and O–H groups in total. The summed E-state index contributed by atoms with van der Waals surface area (Å²) < 4.78 is 6.98. The molecule has 0 radical (unpaired) electrons. The molecule has 1 aliphatic rings. The van der Waals surface area contributed by atoms with Gasteiger partial charge in [-0.3, -0.25) is 4.98 Å². The van der Waals surface area contributed by atoms with Gasteiger partial charge in [-0.15, -0.1) is 6.42 Å². The van der Waals surface area contributed by atoms with E-state index in [4.69, 9.17) is 11.2 Å². The van der Waals surface area contributed by atoms with Gasteiger partial charge < -0.3 is 10.1 Å². The Hall–Kier alpha value is -1.82. The van der Waals surface area contributed by atoms with E-state index < -0.39 is 0 Å². The minimum Gasteiger partial charge on any atom is -0.369 e. The first-order valence-electron chi connectivity index (χ1n) is 6.59. The molecule has 110 valence electrons. The minimum absolute atomic E-state index is 0.151. The van der Waals surface area contributed by atoms with Gasteiger partial charge >= 0.3 is 5.69 Å². The summed E-state index contributed by atoms with van der Waals surface area (Å²) in [6.45, 7) is 4.04. The molecule has 7 nitrogen and oxygen atoms in total. The van der Waals surface area contributed by atoms with E-state index in [-0.39, 0.29) is 11.8 Å². The van der Waals surface area contributed by atoms with E-state index in [1.165, 1.54) is 16.3 Å². The molecular formula is C13H15N5O2S. The highest BCUT2D eigenvalue weighted by Crippen LogP contribution is 2.23. The fourth-order valence-electron chi connectivity index (χ4n) is 2.27. The van der Waals surface area contributed by atoms with Crippen LogP contribution in [0, 0.1) is 19.3 Å². The zero-order chi connectivity index (χ0) is 14.8. The van der Waals surface area contributed by atoms with Crippen LogP contribution in [0.1, 0.15) is 17.4 Å². The van der Waals surface area contributed by atoms with Crippen LogP contribution < -0.4 is 11.0 Å². The molecule has 0 amide bonds. The van der Waals surface area contributed by atoms with Gasteiger partial charge in [-0.1, -0.05) is 17.7 Å². The molecule has 8 heteroatoms. The van der Waals surface area contributed by atoms with Gasteiger partial charge in [-0.05, 0) is 6.92 Å². The molecule has 2 aromatic rings. The topological polar surface area (TPSA) is 84.3 Å². The van der Waals surface area contributed by atoms with Crippen LogP contribution in [0.3, 0.4) is 0 Å². The molecule has 3 rings (SSSR count). The van der Waals surface area contributed by atoms with Crippen molar-refractivity contribution in [3.8, 4) is 12.3 Å². The highest BCUT2D eigenvalue weighted by molar-refractivity contribution is 7.99. The van der Waals surface area contributed by atoms with Crippen LogP contribution in [0.4, 0.5) is 0 Å². The number of morpholine rings is 1. The van der Waals surface area contributed by atoms with Crippen molar-refractivity contribution in [2.24, 2.45) is 0 Å². The first kappa shape index (κ1) is 14.1. The van der Waals surface area contributed by atoms with E-state index >= 15 is 0 Å². The summed E-state index contributed by atoms with van der Waals surface area (Å²) in [4.78, 5) is 19.2. The van der Waals surface area contributed by atoms with Crippen molar-refractivity contribution in [3.05, 3.63) is 21.7 Å². The van der Waals surface area contributed by atoms with Gasteiger partial charge in [0.1, 0.15) is 6.10 Å². The summed E-state index contributed by atoms with van der Waals surface area (Å²) in [5.74, 6) is 2.96. The number of hydrogen-bond acceptors (Lipinski definition) is 6. The number of thioether (sulfide) groups is 1. The molecule has 1 fully saturated rings. The van der Waals surface area contributed by atoms with E-state index in [0.29, 0.717) is 29.7 Å². The molecule has 0 aromatic carbocycles. The summed E-state index contributed by atoms with van der Waals surface area (Å²) >= 11 is 1.32. The van der Waals surface area contributed by atoms with Crippen molar-refractivity contribution < 1.29 is 4.74 Å². The third-order valence-corrected chi connectivity index (χ3v) is 4.04. The van der Waals surface area contributed by atoms with Crippen molar-refractivity contribution >= 4 is 17.4 Å². The standard InChI is InChI=1S/C13H15N5O2S/c1-3-6-21-12-15-11-8(2)10(9-7-14-4-5-20-9)17-18(11)13(19)16-12/h1,9,14H,4-7H2,2H3,(H,15,16,19). The number of fused-ring (bicyclic) bond motifs is 1. The van der Waals surface area contributed by atoms with E-state index in [9.17, 15) is 4.79 Å². The van der Waals surface area contributed by atoms with Gasteiger partial charge in [-0.2, -0.15) is 9.61 Å². The second-order valence-corrected chi connectivity index (χ2v) is 5.61. The average molecular weight is 305 g/mol. The summed E-state index contributed by atoms with van der Waals surface area (Å²) in [6.07, 6.45) is 5.08. The van der Waals surface area contributed by atoms with Crippen LogP contribution in [-0.2, 0) is 4.74 Å². The number of nitrogens with one attached hydrogen (secondary N) is 2. The SMILES string of the molecule is C#CCSc1nc2c(C)c(C3CNCCO3)nn2c(=O)[nH]1. The minimum atomic E-state index is -0.322. The smallest absolute Gasteiger partial charge is 0.350 e. The molecule has 21 heavy (non-hydrogen) atoms. The highest BCUT2D eigenvalue weighted by Gasteiger charge is 2.23. The Bertz CT molecular complexity index is 754. The zero-order valence-electron chi connectivity index (χ0n) is 11.5. The summed E-state index contributed by atoms with van der Waals surface area (Å²) in [5, 5.41) is 8.11. The van der Waals surface area contributed by atoms with Crippen molar-refractivity contribution in [2.75, 3.05) is 25.4 Å². The first-order chi connectivity index (χ1) is 10.2. The molecule has 0 saturated carbocycles. The number of rotatable bonds is 3. The van der Waals surface area contributed by atoms with Gasteiger partial charge in [0.2, 0.25) is 0 Å². The molecule has 1 atom stereocenters. The number of nitrogens with zero attached hydrogens (tertiary/aromatic N) is 3. The number of aromatic nitrogens is 4. The maximum absolute atomic E-state index is 12.1. The fraction of sp³-hybridized carbons (Fsp3) is 0.462. The van der Waals surface area contributed by atoms with Crippen LogP contribution in [0.5, 0.6) is 0 Å². The van der Waals surface area contributed by atoms with E-state index in [2.05, 4.69) is 26.3 Å². The highest BCUT2D eigenvalue weighted by atomic mass is 32.2. The Morgan fingerprint density at radius 3 is 3.19 bits per heavy atom. The second-order valence-electron chi connectivity index (χ2n) is 4.65. The van der Waals surface area contributed by atoms with Crippen LogP contribution in [0.2, 0.25) is 0 Å². The average Bonchev–Trinajstić information content (AvgIpc) is 2.84. The zero-order valence-corrected chi connectivity index (χ0v) is 12.4. The number of H-pyrrole nitrogens is 1. The Morgan fingerprint density at radius 1 is 1.62 bits per heavy atom. The van der Waals surface area contributed by atoms with Crippen LogP contribution in [0.25, 0.3) is 5.65 Å². The molecule has 0 spiro atoms. The van der Waals surface area contributed by atoms with Gasteiger partial charge in [0.15, 0.2) is 10.8 Å². The quantitative estimate of drug-likeness (QED) is 0.619. The summed E-state index contributed by atoms with van der Waals surface area (Å²) in [5.41, 5.74) is 1.83. The molecule has 1 aliphatic heterocycles. The second kappa shape index (κ2) is 5.89. The maximum Gasteiger partial charge on any atom is 0.350 e. The third kappa shape index (κ3) is 2.68. The fourth-order valence-corrected chi connectivity index (χ4v) is 2.80. The molecule has 2 aromatic heterocycles. The molecule has 3 heterocycles. The summed E-state index contributed by atoms with van der Waals surface area (Å²) in [6, 6.07) is 0. The lowest BCUT2D eigenvalue weighted by Crippen LogP contribution is -2.34. The number of hydrogen-bond donors (Lipinski definition) is 2. The normalized spacial score (nSPS) is 18.8. The Kier molecular flexibility index (Phi) is 3.96. The molecule has 1 unspecified atom stereocenters. The van der Waals surface area contributed by atoms with Crippen LogP contribution >= 0.6 is 11.8 Å². The lowest BCUT2D eigenvalue weighted by molar-refractivity contribution is 0.0245. The molecule has 0 bridgehead atoms.